The Morgan fingerprint density at radius 3 is 2.59 bits per heavy atom. The van der Waals surface area contributed by atoms with E-state index in [4.69, 9.17) is 11.5 Å². The quantitative estimate of drug-likeness (QED) is 0.805. The van der Waals surface area contributed by atoms with Crippen LogP contribution in [0.25, 0.3) is 0 Å². The number of pyridine rings is 1. The Kier molecular flexibility index (Phi) is 4.31. The minimum Gasteiger partial charge on any atom is -0.396 e. The number of aromatic nitrogens is 1. The molecule has 0 fully saturated rings. The minimum absolute atomic E-state index is 0.247. The number of nitrogens with zero attached hydrogens (tertiary/aromatic N) is 2. The van der Waals surface area contributed by atoms with Crippen LogP contribution in [-0.2, 0) is 0 Å². The lowest BCUT2D eigenvalue weighted by atomic mass is 10.2. The molecule has 0 saturated heterocycles. The summed E-state index contributed by atoms with van der Waals surface area (Å²) in [5.41, 5.74) is 11.9. The van der Waals surface area contributed by atoms with Gasteiger partial charge in [0.1, 0.15) is 5.69 Å². The minimum atomic E-state index is -0.535. The Morgan fingerprint density at radius 2 is 2.12 bits per heavy atom. The summed E-state index contributed by atoms with van der Waals surface area (Å²) in [5, 5.41) is 0. The molecule has 0 radical (unpaired) electrons. The van der Waals surface area contributed by atoms with Crippen molar-refractivity contribution in [1.29, 1.82) is 0 Å². The van der Waals surface area contributed by atoms with Gasteiger partial charge in [0.2, 0.25) is 0 Å². The molecular formula is C12H20N4O. The van der Waals surface area contributed by atoms with Crippen molar-refractivity contribution in [2.24, 2.45) is 11.7 Å². The first-order valence-electron chi connectivity index (χ1n) is 5.77. The summed E-state index contributed by atoms with van der Waals surface area (Å²) in [6, 6.07) is 3.22. The van der Waals surface area contributed by atoms with Crippen LogP contribution in [-0.4, -0.2) is 24.0 Å². The number of hydrogen-bond donors (Lipinski definition) is 2. The molecule has 0 aliphatic rings. The number of rotatable bonds is 5. The Hall–Kier alpha value is -1.78. The summed E-state index contributed by atoms with van der Waals surface area (Å²) in [4.78, 5) is 17.4. The van der Waals surface area contributed by atoms with Crippen LogP contribution < -0.4 is 16.4 Å². The van der Waals surface area contributed by atoms with Crippen LogP contribution in [0.3, 0.4) is 0 Å². The molecule has 17 heavy (non-hydrogen) atoms. The maximum Gasteiger partial charge on any atom is 0.267 e. The van der Waals surface area contributed by atoms with Gasteiger partial charge < -0.3 is 16.4 Å². The zero-order chi connectivity index (χ0) is 13.0. The van der Waals surface area contributed by atoms with Crippen LogP contribution >= 0.6 is 0 Å². The molecule has 0 spiro atoms. The first-order chi connectivity index (χ1) is 7.95. The lowest BCUT2D eigenvalue weighted by molar-refractivity contribution is 0.0995. The average molecular weight is 236 g/mol. The van der Waals surface area contributed by atoms with E-state index in [1.54, 1.807) is 12.1 Å². The van der Waals surface area contributed by atoms with Crippen molar-refractivity contribution >= 4 is 17.4 Å². The third kappa shape index (κ3) is 3.34. The van der Waals surface area contributed by atoms with E-state index in [9.17, 15) is 4.79 Å². The van der Waals surface area contributed by atoms with Gasteiger partial charge in [-0.3, -0.25) is 4.79 Å². The lowest BCUT2D eigenvalue weighted by Crippen LogP contribution is -2.29. The second kappa shape index (κ2) is 5.52. The zero-order valence-electron chi connectivity index (χ0n) is 10.6. The van der Waals surface area contributed by atoms with E-state index >= 15 is 0 Å². The molecule has 1 rings (SSSR count). The molecule has 0 aliphatic heterocycles. The molecule has 0 aliphatic carbocycles. The van der Waals surface area contributed by atoms with Gasteiger partial charge in [0, 0.05) is 13.1 Å². The monoisotopic (exact) mass is 236 g/mol. The smallest absolute Gasteiger partial charge is 0.267 e. The molecule has 1 amide bonds. The van der Waals surface area contributed by atoms with Crippen LogP contribution in [0.5, 0.6) is 0 Å². The number of hydrogen-bond acceptors (Lipinski definition) is 4. The van der Waals surface area contributed by atoms with E-state index in [-0.39, 0.29) is 5.69 Å². The van der Waals surface area contributed by atoms with Gasteiger partial charge in [-0.2, -0.15) is 0 Å². The Labute approximate surface area is 102 Å². The SMILES string of the molecule is CCN(CC(C)C)c1nc(C(N)=O)ccc1N. The van der Waals surface area contributed by atoms with Gasteiger partial charge in [0.25, 0.3) is 5.91 Å². The van der Waals surface area contributed by atoms with Crippen LogP contribution in [0.15, 0.2) is 12.1 Å². The standard InChI is InChI=1S/C12H20N4O/c1-4-16(7-8(2)3)12-9(13)5-6-10(15-12)11(14)17/h5-6,8H,4,7,13H2,1-3H3,(H2,14,17). The molecule has 94 valence electrons. The first kappa shape index (κ1) is 13.3. The number of nitrogens with two attached hydrogens (primary N) is 2. The third-order valence-electron chi connectivity index (χ3n) is 2.42. The molecule has 4 N–H and O–H groups in total. The predicted molar refractivity (Wildman–Crippen MR) is 69.9 cm³/mol. The number of nitrogen functional groups attached to an aromatic ring is 1. The fourth-order valence-corrected chi connectivity index (χ4v) is 1.66. The van der Waals surface area contributed by atoms with E-state index in [0.717, 1.165) is 13.1 Å². The highest BCUT2D eigenvalue weighted by Crippen LogP contribution is 2.21. The summed E-state index contributed by atoms with van der Waals surface area (Å²) >= 11 is 0. The van der Waals surface area contributed by atoms with Gasteiger partial charge in [0.15, 0.2) is 5.82 Å². The van der Waals surface area contributed by atoms with Gasteiger partial charge in [-0.1, -0.05) is 13.8 Å². The maximum atomic E-state index is 11.1. The summed E-state index contributed by atoms with van der Waals surface area (Å²) in [7, 11) is 0. The fourth-order valence-electron chi connectivity index (χ4n) is 1.66. The normalized spacial score (nSPS) is 10.6. The summed E-state index contributed by atoms with van der Waals surface area (Å²) in [5.74, 6) is 0.595. The van der Waals surface area contributed by atoms with Crippen molar-refractivity contribution in [1.82, 2.24) is 4.98 Å². The highest BCUT2D eigenvalue weighted by molar-refractivity contribution is 5.91. The van der Waals surface area contributed by atoms with E-state index in [0.29, 0.717) is 17.4 Å². The second-order valence-electron chi connectivity index (χ2n) is 4.41. The molecule has 1 aromatic rings. The van der Waals surface area contributed by atoms with Gasteiger partial charge in [-0.05, 0) is 25.0 Å². The van der Waals surface area contributed by atoms with Crippen molar-refractivity contribution in [3.05, 3.63) is 17.8 Å². The van der Waals surface area contributed by atoms with Gasteiger partial charge in [0.05, 0.1) is 5.69 Å². The lowest BCUT2D eigenvalue weighted by Gasteiger charge is -2.25. The predicted octanol–water partition coefficient (Wildman–Crippen LogP) is 1.24. The van der Waals surface area contributed by atoms with Crippen LogP contribution in [0.2, 0.25) is 0 Å². The largest absolute Gasteiger partial charge is 0.396 e. The highest BCUT2D eigenvalue weighted by atomic mass is 16.1. The van der Waals surface area contributed by atoms with E-state index in [1.165, 1.54) is 0 Å². The molecule has 5 heteroatoms. The van der Waals surface area contributed by atoms with Crippen LogP contribution in [0.1, 0.15) is 31.3 Å². The highest BCUT2D eigenvalue weighted by Gasteiger charge is 2.13. The summed E-state index contributed by atoms with van der Waals surface area (Å²) in [6.07, 6.45) is 0. The Balaban J connectivity index is 3.08. The zero-order valence-corrected chi connectivity index (χ0v) is 10.6. The fraction of sp³-hybridized carbons (Fsp3) is 0.500. The molecule has 0 saturated carbocycles. The topological polar surface area (TPSA) is 85.2 Å². The Morgan fingerprint density at radius 1 is 1.47 bits per heavy atom. The van der Waals surface area contributed by atoms with Crippen molar-refractivity contribution < 1.29 is 4.79 Å². The van der Waals surface area contributed by atoms with Crippen LogP contribution in [0.4, 0.5) is 11.5 Å². The first-order valence-corrected chi connectivity index (χ1v) is 5.77. The molecule has 0 unspecified atom stereocenters. The van der Waals surface area contributed by atoms with Crippen LogP contribution in [0, 0.1) is 5.92 Å². The molecule has 0 bridgehead atoms. The number of carbonyl (C=O) groups is 1. The van der Waals surface area contributed by atoms with E-state index in [2.05, 4.69) is 18.8 Å². The van der Waals surface area contributed by atoms with Crippen molar-refractivity contribution in [2.75, 3.05) is 23.7 Å². The maximum absolute atomic E-state index is 11.1. The number of primary amides is 1. The van der Waals surface area contributed by atoms with Gasteiger partial charge in [-0.15, -0.1) is 0 Å². The molecule has 1 aromatic heterocycles. The van der Waals surface area contributed by atoms with Gasteiger partial charge >= 0.3 is 0 Å². The molecule has 0 atom stereocenters. The number of amides is 1. The van der Waals surface area contributed by atoms with E-state index < -0.39 is 5.91 Å². The van der Waals surface area contributed by atoms with Crippen molar-refractivity contribution in [3.8, 4) is 0 Å². The van der Waals surface area contributed by atoms with E-state index in [1.807, 2.05) is 11.8 Å². The van der Waals surface area contributed by atoms with Gasteiger partial charge in [-0.25, -0.2) is 4.98 Å². The molecule has 1 heterocycles. The van der Waals surface area contributed by atoms with Crippen molar-refractivity contribution in [2.45, 2.75) is 20.8 Å². The number of carbonyl (C=O) groups excluding carboxylic acids is 1. The van der Waals surface area contributed by atoms with Crippen molar-refractivity contribution in [3.63, 3.8) is 0 Å². The summed E-state index contributed by atoms with van der Waals surface area (Å²) in [6.45, 7) is 7.90. The second-order valence-corrected chi connectivity index (χ2v) is 4.41. The third-order valence-corrected chi connectivity index (χ3v) is 2.42. The molecular weight excluding hydrogens is 216 g/mol. The Bertz CT molecular complexity index is 403. The molecule has 5 nitrogen and oxygen atoms in total. The number of anilines is 2. The average Bonchev–Trinajstić information content (AvgIpc) is 2.26. The summed E-state index contributed by atoms with van der Waals surface area (Å²) < 4.78 is 0. The molecule has 0 aromatic carbocycles.